The van der Waals surface area contributed by atoms with E-state index in [-0.39, 0.29) is 17.4 Å². The first-order valence-corrected chi connectivity index (χ1v) is 12.4. The van der Waals surface area contributed by atoms with Gasteiger partial charge in [-0.05, 0) is 109 Å². The molecule has 5 nitrogen and oxygen atoms in total. The topological polar surface area (TPSA) is 58.6 Å². The Morgan fingerprint density at radius 3 is 2.00 bits per heavy atom. The molecule has 6 aliphatic rings. The molecule has 30 heavy (non-hydrogen) atoms. The number of amides is 2. The summed E-state index contributed by atoms with van der Waals surface area (Å²) in [5, 5.41) is 3.15. The summed E-state index contributed by atoms with van der Waals surface area (Å²) in [7, 11) is 0. The highest BCUT2D eigenvalue weighted by molar-refractivity contribution is 5.87. The number of piperidine rings is 1. The highest BCUT2D eigenvalue weighted by Gasteiger charge is 2.59. The van der Waals surface area contributed by atoms with Gasteiger partial charge in [0.05, 0.1) is 0 Å². The predicted molar refractivity (Wildman–Crippen MR) is 116 cm³/mol. The average Bonchev–Trinajstić information content (AvgIpc) is 3.12. The molecule has 5 heteroatoms. The van der Waals surface area contributed by atoms with Gasteiger partial charge in [-0.1, -0.05) is 6.92 Å². The van der Waals surface area contributed by atoms with E-state index in [1.165, 1.54) is 19.3 Å². The Labute approximate surface area is 181 Å². The molecule has 1 aliphatic heterocycles. The van der Waals surface area contributed by atoms with Crippen LogP contribution >= 0.6 is 0 Å². The van der Waals surface area contributed by atoms with Crippen LogP contribution in [-0.2, 0) is 9.53 Å². The zero-order valence-electron chi connectivity index (χ0n) is 19.4. The SMILES string of the molecule is CC1C[C@@H]2C[C@H]1[C@@H](C)N2C(=O)[C@@H](NC(=O)OC(C)(C)C)C12CC3CC(CC(C3)C1)C2. The lowest BCUT2D eigenvalue weighted by Gasteiger charge is -2.59. The zero-order valence-corrected chi connectivity index (χ0v) is 19.4. The van der Waals surface area contributed by atoms with Crippen molar-refractivity contribution in [2.75, 3.05) is 0 Å². The van der Waals surface area contributed by atoms with Gasteiger partial charge in [0, 0.05) is 17.5 Å². The summed E-state index contributed by atoms with van der Waals surface area (Å²) in [6.45, 7) is 10.2. The second-order valence-electron chi connectivity index (χ2n) is 12.6. The third kappa shape index (κ3) is 3.35. The smallest absolute Gasteiger partial charge is 0.408 e. The number of carbonyl (C=O) groups excluding carboxylic acids is 2. The van der Waals surface area contributed by atoms with Gasteiger partial charge in [0.25, 0.3) is 0 Å². The van der Waals surface area contributed by atoms with Crippen molar-refractivity contribution in [2.45, 2.75) is 110 Å². The van der Waals surface area contributed by atoms with E-state index >= 15 is 0 Å². The van der Waals surface area contributed by atoms with Gasteiger partial charge in [-0.2, -0.15) is 0 Å². The van der Waals surface area contributed by atoms with Gasteiger partial charge < -0.3 is 15.0 Å². The number of ether oxygens (including phenoxy) is 1. The fraction of sp³-hybridized carbons (Fsp3) is 0.920. The van der Waals surface area contributed by atoms with E-state index in [0.29, 0.717) is 17.9 Å². The molecule has 5 saturated carbocycles. The van der Waals surface area contributed by atoms with Crippen molar-refractivity contribution in [3.63, 3.8) is 0 Å². The molecule has 0 aromatic carbocycles. The number of nitrogens with one attached hydrogen (secondary N) is 1. The first-order valence-electron chi connectivity index (χ1n) is 12.4. The van der Waals surface area contributed by atoms with Crippen LogP contribution in [0.3, 0.4) is 0 Å². The van der Waals surface area contributed by atoms with Crippen molar-refractivity contribution in [3.8, 4) is 0 Å². The molecule has 0 radical (unpaired) electrons. The Morgan fingerprint density at radius 1 is 0.967 bits per heavy atom. The fourth-order valence-corrected chi connectivity index (χ4v) is 8.65. The van der Waals surface area contributed by atoms with E-state index in [1.807, 2.05) is 20.8 Å². The van der Waals surface area contributed by atoms with Crippen LogP contribution in [0.2, 0.25) is 0 Å². The summed E-state index contributed by atoms with van der Waals surface area (Å²) in [6.07, 6.45) is 9.09. The quantitative estimate of drug-likeness (QED) is 0.723. The Hall–Kier alpha value is -1.26. The molecular formula is C25H40N2O3. The second-order valence-corrected chi connectivity index (χ2v) is 12.6. The van der Waals surface area contributed by atoms with E-state index < -0.39 is 17.7 Å². The number of likely N-dealkylation sites (tertiary alicyclic amines) is 1. The largest absolute Gasteiger partial charge is 0.444 e. The van der Waals surface area contributed by atoms with Gasteiger partial charge in [-0.15, -0.1) is 0 Å². The minimum Gasteiger partial charge on any atom is -0.444 e. The van der Waals surface area contributed by atoms with Gasteiger partial charge >= 0.3 is 6.09 Å². The monoisotopic (exact) mass is 416 g/mol. The predicted octanol–water partition coefficient (Wildman–Crippen LogP) is 4.74. The lowest BCUT2D eigenvalue weighted by atomic mass is 9.47. The first-order chi connectivity index (χ1) is 14.0. The molecule has 0 spiro atoms. The van der Waals surface area contributed by atoms with Crippen molar-refractivity contribution in [1.29, 1.82) is 0 Å². The lowest BCUT2D eigenvalue weighted by molar-refractivity contribution is -0.149. The maximum Gasteiger partial charge on any atom is 0.408 e. The second kappa shape index (κ2) is 6.87. The van der Waals surface area contributed by atoms with Crippen LogP contribution in [0.5, 0.6) is 0 Å². The van der Waals surface area contributed by atoms with Crippen LogP contribution in [0.1, 0.15) is 86.0 Å². The number of hydrogen-bond donors (Lipinski definition) is 1. The fourth-order valence-electron chi connectivity index (χ4n) is 8.65. The van der Waals surface area contributed by atoms with Crippen molar-refractivity contribution in [1.82, 2.24) is 10.2 Å². The molecule has 0 aromatic rings. The van der Waals surface area contributed by atoms with E-state index in [1.54, 1.807) is 0 Å². The van der Waals surface area contributed by atoms with Gasteiger partial charge in [0.2, 0.25) is 5.91 Å². The molecule has 1 heterocycles. The van der Waals surface area contributed by atoms with Crippen molar-refractivity contribution in [3.05, 3.63) is 0 Å². The molecule has 1 saturated heterocycles. The zero-order chi connectivity index (χ0) is 21.4. The molecule has 1 N–H and O–H groups in total. The Morgan fingerprint density at radius 2 is 1.53 bits per heavy atom. The average molecular weight is 417 g/mol. The molecule has 0 aromatic heterocycles. The van der Waals surface area contributed by atoms with Gasteiger partial charge in [0.1, 0.15) is 11.6 Å². The molecule has 6 rings (SSSR count). The Balaban J connectivity index is 1.43. The van der Waals surface area contributed by atoms with E-state index in [9.17, 15) is 9.59 Å². The van der Waals surface area contributed by atoms with Gasteiger partial charge in [-0.3, -0.25) is 4.79 Å². The van der Waals surface area contributed by atoms with Crippen LogP contribution in [0.15, 0.2) is 0 Å². The summed E-state index contributed by atoms with van der Waals surface area (Å²) >= 11 is 0. The van der Waals surface area contributed by atoms with Crippen molar-refractivity contribution >= 4 is 12.0 Å². The van der Waals surface area contributed by atoms with Crippen molar-refractivity contribution in [2.24, 2.45) is 35.0 Å². The standard InChI is InChI=1S/C25H40N2O3/c1-14-6-19-10-20(14)15(2)27(19)22(28)21(26-23(29)30-24(3,4)5)25-11-16-7-17(12-25)9-18(8-16)13-25/h14-21H,6-13H2,1-5H3,(H,26,29)/t14?,15-,16?,17?,18?,19-,20-,21-,25?/m1/s1. The number of rotatable bonds is 3. The number of hydrogen-bond acceptors (Lipinski definition) is 3. The van der Waals surface area contributed by atoms with Crippen LogP contribution in [0, 0.1) is 35.0 Å². The number of alkyl carbamates (subject to hydrolysis) is 1. The van der Waals surface area contributed by atoms with Crippen LogP contribution in [-0.4, -0.2) is 40.6 Å². The normalized spacial score (nSPS) is 45.0. The van der Waals surface area contributed by atoms with E-state index in [4.69, 9.17) is 4.74 Å². The van der Waals surface area contributed by atoms with Crippen LogP contribution in [0.25, 0.3) is 0 Å². The molecule has 6 bridgehead atoms. The molecule has 6 fully saturated rings. The maximum absolute atomic E-state index is 14.1. The molecule has 5 aliphatic carbocycles. The minimum atomic E-state index is -0.561. The third-order valence-corrected chi connectivity index (χ3v) is 9.23. The van der Waals surface area contributed by atoms with Crippen LogP contribution < -0.4 is 5.32 Å². The van der Waals surface area contributed by atoms with Gasteiger partial charge in [-0.25, -0.2) is 4.79 Å². The Bertz CT molecular complexity index is 689. The first kappa shape index (κ1) is 20.6. The highest BCUT2D eigenvalue weighted by atomic mass is 16.6. The summed E-state index contributed by atoms with van der Waals surface area (Å²) in [4.78, 5) is 29.2. The molecule has 168 valence electrons. The molecular weight excluding hydrogens is 376 g/mol. The van der Waals surface area contributed by atoms with Crippen LogP contribution in [0.4, 0.5) is 4.79 Å². The summed E-state index contributed by atoms with van der Waals surface area (Å²) in [5.74, 6) is 3.69. The van der Waals surface area contributed by atoms with E-state index in [0.717, 1.165) is 49.9 Å². The number of carbonyl (C=O) groups is 2. The number of nitrogens with zero attached hydrogens (tertiary/aromatic N) is 1. The Kier molecular flexibility index (Phi) is 4.72. The van der Waals surface area contributed by atoms with Gasteiger partial charge in [0.15, 0.2) is 0 Å². The van der Waals surface area contributed by atoms with Crippen molar-refractivity contribution < 1.29 is 14.3 Å². The maximum atomic E-state index is 14.1. The highest BCUT2D eigenvalue weighted by Crippen LogP contribution is 2.62. The number of fused-ring (bicyclic) bond motifs is 2. The van der Waals surface area contributed by atoms with E-state index in [2.05, 4.69) is 24.1 Å². The lowest BCUT2D eigenvalue weighted by Crippen LogP contribution is -2.64. The summed E-state index contributed by atoms with van der Waals surface area (Å²) < 4.78 is 5.63. The molecule has 1 unspecified atom stereocenters. The molecule has 5 atom stereocenters. The summed E-state index contributed by atoms with van der Waals surface area (Å²) in [6, 6.07) is 0.199. The minimum absolute atomic E-state index is 0.0735. The molecule has 2 amide bonds. The summed E-state index contributed by atoms with van der Waals surface area (Å²) in [5.41, 5.74) is -0.634. The third-order valence-electron chi connectivity index (χ3n) is 9.23.